The smallest absolute Gasteiger partial charge is 0.225 e. The van der Waals surface area contributed by atoms with E-state index in [0.29, 0.717) is 17.5 Å². The lowest BCUT2D eigenvalue weighted by molar-refractivity contribution is -0.137. The number of carbonyl (C=O) groups is 1. The van der Waals surface area contributed by atoms with Gasteiger partial charge in [0.05, 0.1) is 16.9 Å². The third-order valence-electron chi connectivity index (χ3n) is 5.56. The Morgan fingerprint density at radius 3 is 2.52 bits per heavy atom. The van der Waals surface area contributed by atoms with E-state index < -0.39 is 0 Å². The van der Waals surface area contributed by atoms with Crippen molar-refractivity contribution in [2.75, 3.05) is 18.4 Å². The number of nitriles is 1. The van der Waals surface area contributed by atoms with Crippen LogP contribution in [-0.2, 0) is 4.79 Å². The Bertz CT molecular complexity index is 665. The molecular formula is C20H28N4O. The van der Waals surface area contributed by atoms with E-state index in [2.05, 4.69) is 21.3 Å². The van der Waals surface area contributed by atoms with Gasteiger partial charge in [0, 0.05) is 30.7 Å². The van der Waals surface area contributed by atoms with Gasteiger partial charge in [-0.2, -0.15) is 5.26 Å². The van der Waals surface area contributed by atoms with Crippen LogP contribution in [0.25, 0.3) is 0 Å². The number of aryl methyl sites for hydroxylation is 2. The number of piperidine rings is 1. The summed E-state index contributed by atoms with van der Waals surface area (Å²) in [6, 6.07) is 4.52. The first-order chi connectivity index (χ1) is 12.1. The third-order valence-corrected chi connectivity index (χ3v) is 5.56. The maximum absolute atomic E-state index is 12.7. The van der Waals surface area contributed by atoms with Crippen molar-refractivity contribution in [3.8, 4) is 6.07 Å². The van der Waals surface area contributed by atoms with Crippen molar-refractivity contribution in [3.05, 3.63) is 23.0 Å². The number of aromatic nitrogens is 1. The number of likely N-dealkylation sites (tertiary alicyclic amines) is 1. The number of pyridine rings is 1. The fraction of sp³-hybridized carbons (Fsp3) is 0.650. The minimum Gasteiger partial charge on any atom is -0.381 e. The number of rotatable bonds is 3. The van der Waals surface area contributed by atoms with E-state index in [0.717, 1.165) is 55.8 Å². The van der Waals surface area contributed by atoms with Crippen molar-refractivity contribution in [1.29, 1.82) is 5.26 Å². The summed E-state index contributed by atoms with van der Waals surface area (Å²) in [5.74, 6) is 0.625. The van der Waals surface area contributed by atoms with E-state index in [4.69, 9.17) is 0 Å². The molecule has 5 heteroatoms. The van der Waals surface area contributed by atoms with Gasteiger partial charge in [0.1, 0.15) is 6.07 Å². The Balaban J connectivity index is 1.58. The van der Waals surface area contributed by atoms with Gasteiger partial charge in [0.25, 0.3) is 0 Å². The van der Waals surface area contributed by atoms with Gasteiger partial charge in [0.15, 0.2) is 0 Å². The predicted octanol–water partition coefficient (Wildman–Crippen LogP) is 3.55. The van der Waals surface area contributed by atoms with Crippen molar-refractivity contribution < 1.29 is 4.79 Å². The largest absolute Gasteiger partial charge is 0.381 e. The monoisotopic (exact) mass is 340 g/mol. The first-order valence-electron chi connectivity index (χ1n) is 9.52. The van der Waals surface area contributed by atoms with E-state index in [9.17, 15) is 10.1 Å². The Labute approximate surface area is 150 Å². The molecule has 2 fully saturated rings. The van der Waals surface area contributed by atoms with Crippen LogP contribution in [0.15, 0.2) is 6.07 Å². The quantitative estimate of drug-likeness (QED) is 0.913. The van der Waals surface area contributed by atoms with Crippen LogP contribution in [0.4, 0.5) is 5.69 Å². The molecule has 1 aromatic rings. The zero-order valence-electron chi connectivity index (χ0n) is 15.3. The number of hydrogen-bond donors (Lipinski definition) is 1. The van der Waals surface area contributed by atoms with E-state index in [-0.39, 0.29) is 5.92 Å². The molecule has 25 heavy (non-hydrogen) atoms. The number of carbonyl (C=O) groups excluding carboxylic acids is 1. The van der Waals surface area contributed by atoms with Gasteiger partial charge in [-0.05, 0) is 45.6 Å². The molecule has 0 spiro atoms. The highest BCUT2D eigenvalue weighted by atomic mass is 16.2. The number of nitrogens with one attached hydrogen (secondary N) is 1. The van der Waals surface area contributed by atoms with Crippen LogP contribution >= 0.6 is 0 Å². The average Bonchev–Trinajstić information content (AvgIpc) is 2.62. The molecule has 0 unspecified atom stereocenters. The SMILES string of the molecule is Cc1cc(NC2CCN(C(=O)C3CCCCC3)CC2)c(C#N)c(C)n1. The lowest BCUT2D eigenvalue weighted by atomic mass is 9.87. The van der Waals surface area contributed by atoms with E-state index in [1.54, 1.807) is 0 Å². The van der Waals surface area contributed by atoms with E-state index in [1.807, 2.05) is 19.9 Å². The Morgan fingerprint density at radius 1 is 1.20 bits per heavy atom. The molecule has 5 nitrogen and oxygen atoms in total. The van der Waals surface area contributed by atoms with Crippen molar-refractivity contribution in [2.45, 2.75) is 64.8 Å². The molecule has 0 bridgehead atoms. The average molecular weight is 340 g/mol. The number of nitrogens with zero attached hydrogens (tertiary/aromatic N) is 3. The van der Waals surface area contributed by atoms with Gasteiger partial charge in [-0.15, -0.1) is 0 Å². The maximum Gasteiger partial charge on any atom is 0.225 e. The van der Waals surface area contributed by atoms with Gasteiger partial charge >= 0.3 is 0 Å². The van der Waals surface area contributed by atoms with Crippen LogP contribution in [0.2, 0.25) is 0 Å². The molecule has 0 atom stereocenters. The summed E-state index contributed by atoms with van der Waals surface area (Å²) >= 11 is 0. The molecule has 134 valence electrons. The molecule has 0 aromatic carbocycles. The predicted molar refractivity (Wildman–Crippen MR) is 98.2 cm³/mol. The van der Waals surface area contributed by atoms with Crippen LogP contribution in [0.3, 0.4) is 0 Å². The van der Waals surface area contributed by atoms with Gasteiger partial charge < -0.3 is 10.2 Å². The fourth-order valence-electron chi connectivity index (χ4n) is 4.16. The molecule has 2 heterocycles. The van der Waals surface area contributed by atoms with Crippen LogP contribution in [0.5, 0.6) is 0 Å². The molecule has 1 aliphatic heterocycles. The number of amides is 1. The van der Waals surface area contributed by atoms with E-state index >= 15 is 0 Å². The summed E-state index contributed by atoms with van der Waals surface area (Å²) in [6.07, 6.45) is 7.68. The van der Waals surface area contributed by atoms with Crippen LogP contribution in [0, 0.1) is 31.1 Å². The summed E-state index contributed by atoms with van der Waals surface area (Å²) in [4.78, 5) is 19.1. The second kappa shape index (κ2) is 7.86. The first-order valence-corrected chi connectivity index (χ1v) is 9.52. The summed E-state index contributed by atoms with van der Waals surface area (Å²) in [7, 11) is 0. The Morgan fingerprint density at radius 2 is 1.88 bits per heavy atom. The molecule has 2 aliphatic rings. The zero-order chi connectivity index (χ0) is 17.8. The summed E-state index contributed by atoms with van der Waals surface area (Å²) < 4.78 is 0. The zero-order valence-corrected chi connectivity index (χ0v) is 15.3. The molecule has 1 aromatic heterocycles. The first kappa shape index (κ1) is 17.7. The molecule has 3 rings (SSSR count). The second-order valence-electron chi connectivity index (χ2n) is 7.46. The van der Waals surface area contributed by atoms with Crippen molar-refractivity contribution in [1.82, 2.24) is 9.88 Å². The maximum atomic E-state index is 12.7. The number of anilines is 1. The van der Waals surface area contributed by atoms with Crippen LogP contribution < -0.4 is 5.32 Å². The molecule has 1 saturated heterocycles. The highest BCUT2D eigenvalue weighted by Gasteiger charge is 2.29. The fourth-order valence-corrected chi connectivity index (χ4v) is 4.16. The minimum atomic E-state index is 0.258. The van der Waals surface area contributed by atoms with Crippen LogP contribution in [0.1, 0.15) is 61.9 Å². The minimum absolute atomic E-state index is 0.258. The van der Waals surface area contributed by atoms with Crippen molar-refractivity contribution in [2.24, 2.45) is 5.92 Å². The normalized spacial score (nSPS) is 19.5. The lowest BCUT2D eigenvalue weighted by Gasteiger charge is -2.36. The number of hydrogen-bond acceptors (Lipinski definition) is 4. The van der Waals surface area contributed by atoms with Gasteiger partial charge in [-0.3, -0.25) is 9.78 Å². The summed E-state index contributed by atoms with van der Waals surface area (Å²) in [6.45, 7) is 5.46. The van der Waals surface area contributed by atoms with Gasteiger partial charge in [0.2, 0.25) is 5.91 Å². The summed E-state index contributed by atoms with van der Waals surface area (Å²) in [5, 5.41) is 12.9. The second-order valence-corrected chi connectivity index (χ2v) is 7.46. The highest BCUT2D eigenvalue weighted by Crippen LogP contribution is 2.27. The molecule has 1 saturated carbocycles. The Kier molecular flexibility index (Phi) is 5.57. The van der Waals surface area contributed by atoms with E-state index in [1.165, 1.54) is 19.3 Å². The Hall–Kier alpha value is -2.09. The lowest BCUT2D eigenvalue weighted by Crippen LogP contribution is -2.45. The standard InChI is InChI=1S/C20H28N4O/c1-14-12-19(18(13-21)15(2)22-14)23-17-8-10-24(11-9-17)20(25)16-6-4-3-5-7-16/h12,16-17H,3-11H2,1-2H3,(H,22,23). The highest BCUT2D eigenvalue weighted by molar-refractivity contribution is 5.79. The molecule has 1 N–H and O–H groups in total. The van der Waals surface area contributed by atoms with Crippen molar-refractivity contribution >= 4 is 11.6 Å². The molecule has 1 aliphatic carbocycles. The molecule has 0 radical (unpaired) electrons. The summed E-state index contributed by atoms with van der Waals surface area (Å²) in [5.41, 5.74) is 3.20. The van der Waals surface area contributed by atoms with Crippen molar-refractivity contribution in [3.63, 3.8) is 0 Å². The molecular weight excluding hydrogens is 312 g/mol. The molecule has 1 amide bonds. The van der Waals surface area contributed by atoms with Gasteiger partial charge in [-0.25, -0.2) is 0 Å². The van der Waals surface area contributed by atoms with Crippen LogP contribution in [-0.4, -0.2) is 34.9 Å². The third kappa shape index (κ3) is 4.12. The van der Waals surface area contributed by atoms with Gasteiger partial charge in [-0.1, -0.05) is 19.3 Å². The topological polar surface area (TPSA) is 69.0 Å².